The molecule has 86 valence electrons. The van der Waals surface area contributed by atoms with Gasteiger partial charge in [0.15, 0.2) is 0 Å². The fourth-order valence-corrected chi connectivity index (χ4v) is 1.57. The molecule has 0 aliphatic heterocycles. The number of carbonyl (C=O) groups is 1. The van der Waals surface area contributed by atoms with E-state index in [4.69, 9.17) is 6.42 Å². The quantitative estimate of drug-likeness (QED) is 0.646. The smallest absolute Gasteiger partial charge is 0.237 e. The first-order chi connectivity index (χ1) is 6.97. The van der Waals surface area contributed by atoms with E-state index in [9.17, 15) is 4.79 Å². The van der Waals surface area contributed by atoms with E-state index in [-0.39, 0.29) is 11.9 Å². The minimum absolute atomic E-state index is 0.0384. The molecule has 1 amide bonds. The average molecular weight is 210 g/mol. The van der Waals surface area contributed by atoms with E-state index in [2.05, 4.69) is 37.3 Å². The van der Waals surface area contributed by atoms with Crippen molar-refractivity contribution in [2.75, 3.05) is 6.54 Å². The lowest BCUT2D eigenvalue weighted by molar-refractivity contribution is -0.122. The molecule has 0 bridgehead atoms. The second-order valence-corrected chi connectivity index (χ2v) is 4.34. The molecule has 2 unspecified atom stereocenters. The van der Waals surface area contributed by atoms with E-state index in [1.54, 1.807) is 0 Å². The molecule has 0 fully saturated rings. The molecular weight excluding hydrogens is 188 g/mol. The highest BCUT2D eigenvalue weighted by Gasteiger charge is 2.14. The van der Waals surface area contributed by atoms with Gasteiger partial charge in [0.25, 0.3) is 0 Å². The lowest BCUT2D eigenvalue weighted by Crippen LogP contribution is -2.46. The van der Waals surface area contributed by atoms with Crippen LogP contribution in [0.25, 0.3) is 0 Å². The van der Waals surface area contributed by atoms with Gasteiger partial charge in [-0.25, -0.2) is 0 Å². The maximum Gasteiger partial charge on any atom is 0.237 e. The molecule has 0 radical (unpaired) electrons. The summed E-state index contributed by atoms with van der Waals surface area (Å²) in [6.07, 6.45) is 6.12. The predicted molar refractivity (Wildman–Crippen MR) is 63.4 cm³/mol. The molecule has 3 heteroatoms. The summed E-state index contributed by atoms with van der Waals surface area (Å²) >= 11 is 0. The van der Waals surface area contributed by atoms with E-state index >= 15 is 0 Å². The molecule has 2 atom stereocenters. The first-order valence-corrected chi connectivity index (χ1v) is 5.44. The lowest BCUT2D eigenvalue weighted by Gasteiger charge is -2.20. The van der Waals surface area contributed by atoms with Crippen LogP contribution in [0.15, 0.2) is 0 Å². The standard InChI is InChI=1S/C12H22N2O/c1-6-7-13-12(15)11(5)14-10(4)8-9(2)3/h1,9-11,14H,7-8H2,2-5H3,(H,13,15). The summed E-state index contributed by atoms with van der Waals surface area (Å²) in [5.74, 6) is 2.97. The van der Waals surface area contributed by atoms with Crippen LogP contribution >= 0.6 is 0 Å². The summed E-state index contributed by atoms with van der Waals surface area (Å²) in [5.41, 5.74) is 0. The zero-order chi connectivity index (χ0) is 11.8. The Morgan fingerprint density at radius 3 is 2.40 bits per heavy atom. The van der Waals surface area contributed by atoms with E-state index in [0.29, 0.717) is 18.5 Å². The number of amides is 1. The number of rotatable bonds is 6. The lowest BCUT2D eigenvalue weighted by atomic mass is 10.0. The summed E-state index contributed by atoms with van der Waals surface area (Å²) < 4.78 is 0. The molecular formula is C12H22N2O. The van der Waals surface area contributed by atoms with Crippen LogP contribution in [-0.4, -0.2) is 24.5 Å². The average Bonchev–Trinajstić information content (AvgIpc) is 2.12. The van der Waals surface area contributed by atoms with Gasteiger partial charge in [-0.15, -0.1) is 6.42 Å². The number of hydrogen-bond acceptors (Lipinski definition) is 2. The molecule has 2 N–H and O–H groups in total. The Hall–Kier alpha value is -1.01. The molecule has 0 aromatic carbocycles. The van der Waals surface area contributed by atoms with Crippen LogP contribution in [0, 0.1) is 18.3 Å². The van der Waals surface area contributed by atoms with Crippen LogP contribution in [0.3, 0.4) is 0 Å². The molecule has 0 aromatic rings. The summed E-state index contributed by atoms with van der Waals surface area (Å²) in [4.78, 5) is 11.5. The van der Waals surface area contributed by atoms with Gasteiger partial charge < -0.3 is 10.6 Å². The summed E-state index contributed by atoms with van der Waals surface area (Å²) in [5, 5.41) is 5.89. The predicted octanol–water partition coefficient (Wildman–Crippen LogP) is 1.15. The summed E-state index contributed by atoms with van der Waals surface area (Å²) in [6.45, 7) is 8.57. The Morgan fingerprint density at radius 2 is 1.93 bits per heavy atom. The third kappa shape index (κ3) is 6.98. The van der Waals surface area contributed by atoms with Crippen molar-refractivity contribution in [2.24, 2.45) is 5.92 Å². The maximum absolute atomic E-state index is 11.5. The van der Waals surface area contributed by atoms with E-state index < -0.39 is 0 Å². The van der Waals surface area contributed by atoms with Crippen LogP contribution in [0.2, 0.25) is 0 Å². The van der Waals surface area contributed by atoms with Crippen LogP contribution in [-0.2, 0) is 4.79 Å². The Labute approximate surface area is 93.0 Å². The molecule has 15 heavy (non-hydrogen) atoms. The Bertz CT molecular complexity index is 230. The largest absolute Gasteiger partial charge is 0.344 e. The van der Waals surface area contributed by atoms with Crippen LogP contribution in [0.4, 0.5) is 0 Å². The molecule has 0 aliphatic carbocycles. The van der Waals surface area contributed by atoms with Crippen molar-refractivity contribution in [2.45, 2.75) is 46.2 Å². The Kier molecular flexibility index (Phi) is 6.81. The van der Waals surface area contributed by atoms with Gasteiger partial charge in [-0.1, -0.05) is 19.8 Å². The number of hydrogen-bond donors (Lipinski definition) is 2. The molecule has 0 spiro atoms. The van der Waals surface area contributed by atoms with Crippen molar-refractivity contribution < 1.29 is 4.79 Å². The van der Waals surface area contributed by atoms with Gasteiger partial charge in [0.05, 0.1) is 12.6 Å². The van der Waals surface area contributed by atoms with Gasteiger partial charge >= 0.3 is 0 Å². The van der Waals surface area contributed by atoms with Gasteiger partial charge in [-0.3, -0.25) is 4.79 Å². The zero-order valence-electron chi connectivity index (χ0n) is 10.1. The number of carbonyl (C=O) groups excluding carboxylic acids is 1. The third-order valence-electron chi connectivity index (χ3n) is 2.12. The second-order valence-electron chi connectivity index (χ2n) is 4.34. The second kappa shape index (κ2) is 7.30. The fourth-order valence-electron chi connectivity index (χ4n) is 1.57. The molecule has 3 nitrogen and oxygen atoms in total. The van der Waals surface area contributed by atoms with Crippen molar-refractivity contribution in [3.8, 4) is 12.3 Å². The van der Waals surface area contributed by atoms with Crippen molar-refractivity contribution in [1.29, 1.82) is 0 Å². The Balaban J connectivity index is 3.86. The summed E-state index contributed by atoms with van der Waals surface area (Å²) in [6, 6.07) is 0.156. The van der Waals surface area contributed by atoms with Crippen molar-refractivity contribution in [3.63, 3.8) is 0 Å². The molecule has 0 aromatic heterocycles. The molecule has 0 saturated carbocycles. The zero-order valence-corrected chi connectivity index (χ0v) is 10.1. The number of nitrogens with one attached hydrogen (secondary N) is 2. The summed E-state index contributed by atoms with van der Waals surface area (Å²) in [7, 11) is 0. The van der Waals surface area contributed by atoms with E-state index in [0.717, 1.165) is 6.42 Å². The van der Waals surface area contributed by atoms with Crippen LogP contribution < -0.4 is 10.6 Å². The molecule has 0 rings (SSSR count). The van der Waals surface area contributed by atoms with Crippen molar-refractivity contribution in [1.82, 2.24) is 10.6 Å². The molecule has 0 aliphatic rings. The monoisotopic (exact) mass is 210 g/mol. The Morgan fingerprint density at radius 1 is 1.33 bits per heavy atom. The van der Waals surface area contributed by atoms with Crippen molar-refractivity contribution in [3.05, 3.63) is 0 Å². The van der Waals surface area contributed by atoms with Crippen LogP contribution in [0.1, 0.15) is 34.1 Å². The van der Waals surface area contributed by atoms with Gasteiger partial charge in [0, 0.05) is 6.04 Å². The molecule has 0 saturated heterocycles. The topological polar surface area (TPSA) is 41.1 Å². The molecule has 0 heterocycles. The fraction of sp³-hybridized carbons (Fsp3) is 0.750. The normalized spacial score (nSPS) is 14.4. The minimum Gasteiger partial charge on any atom is -0.344 e. The SMILES string of the molecule is C#CCNC(=O)C(C)NC(C)CC(C)C. The minimum atomic E-state index is -0.188. The van der Waals surface area contributed by atoms with Gasteiger partial charge in [0.1, 0.15) is 0 Å². The van der Waals surface area contributed by atoms with Gasteiger partial charge in [-0.05, 0) is 26.2 Å². The van der Waals surface area contributed by atoms with Gasteiger partial charge in [-0.2, -0.15) is 0 Å². The third-order valence-corrected chi connectivity index (χ3v) is 2.12. The van der Waals surface area contributed by atoms with Gasteiger partial charge in [0.2, 0.25) is 5.91 Å². The number of terminal acetylenes is 1. The highest BCUT2D eigenvalue weighted by molar-refractivity contribution is 5.81. The van der Waals surface area contributed by atoms with Crippen molar-refractivity contribution >= 4 is 5.91 Å². The highest BCUT2D eigenvalue weighted by atomic mass is 16.2. The van der Waals surface area contributed by atoms with Crippen LogP contribution in [0.5, 0.6) is 0 Å². The highest BCUT2D eigenvalue weighted by Crippen LogP contribution is 2.04. The van der Waals surface area contributed by atoms with E-state index in [1.165, 1.54) is 0 Å². The first kappa shape index (κ1) is 14.0. The van der Waals surface area contributed by atoms with E-state index in [1.807, 2.05) is 6.92 Å². The first-order valence-electron chi connectivity index (χ1n) is 5.44. The maximum atomic E-state index is 11.5.